The van der Waals surface area contributed by atoms with Gasteiger partial charge in [0.25, 0.3) is 0 Å². The van der Waals surface area contributed by atoms with Crippen LogP contribution in [-0.2, 0) is 0 Å². The third-order valence-corrected chi connectivity index (χ3v) is 0.974. The lowest BCUT2D eigenvalue weighted by Gasteiger charge is -1.98. The summed E-state index contributed by atoms with van der Waals surface area (Å²) in [6, 6.07) is 2.76. The van der Waals surface area contributed by atoms with E-state index in [4.69, 9.17) is 9.22 Å². The highest BCUT2D eigenvalue weighted by Gasteiger charge is 1.97. The summed E-state index contributed by atoms with van der Waals surface area (Å²) >= 11 is 0. The number of ether oxygens (including phenoxy) is 1. The molecule has 0 aliphatic rings. The van der Waals surface area contributed by atoms with Crippen molar-refractivity contribution in [2.24, 2.45) is 0 Å². The van der Waals surface area contributed by atoms with Gasteiger partial charge in [0.1, 0.15) is 17.3 Å². The lowest BCUT2D eigenvalue weighted by molar-refractivity contribution is 0.402. The number of benzene rings is 1. The zero-order valence-corrected chi connectivity index (χ0v) is 4.97. The van der Waals surface area contributed by atoms with Crippen LogP contribution in [0.3, 0.4) is 0 Å². The average Bonchev–Trinajstić information content (AvgIpc) is 1.78. The van der Waals surface area contributed by atoms with Gasteiger partial charge in [-0.05, 0) is 0 Å². The molecule has 0 spiro atoms. The fraction of sp³-hybridized carbons (Fsp3) is 0.143. The zero-order chi connectivity index (χ0) is 10.1. The van der Waals surface area contributed by atoms with Crippen molar-refractivity contribution in [1.82, 2.24) is 0 Å². The predicted molar refractivity (Wildman–Crippen MR) is 34.6 cm³/mol. The van der Waals surface area contributed by atoms with Gasteiger partial charge in [-0.2, -0.15) is 0 Å². The Kier molecular flexibility index (Phi) is 0.974. The summed E-state index contributed by atoms with van der Waals surface area (Å²) in [5.41, 5.74) is 0. The van der Waals surface area contributed by atoms with Crippen molar-refractivity contribution in [3.63, 3.8) is 0 Å². The van der Waals surface area contributed by atoms with E-state index >= 15 is 0 Å². The summed E-state index contributed by atoms with van der Waals surface area (Å²) in [5, 5.41) is 8.89. The first-order chi connectivity index (χ1) is 5.87. The molecular formula is C7H7FO2. The van der Waals surface area contributed by atoms with Crippen molar-refractivity contribution in [2.45, 2.75) is 0 Å². The van der Waals surface area contributed by atoms with E-state index in [1.165, 1.54) is 0 Å². The van der Waals surface area contributed by atoms with Crippen LogP contribution in [0.15, 0.2) is 18.2 Å². The molecule has 54 valence electrons. The molecule has 0 bridgehead atoms. The molecule has 0 saturated heterocycles. The second-order valence-corrected chi connectivity index (χ2v) is 1.75. The van der Waals surface area contributed by atoms with Gasteiger partial charge >= 0.3 is 0 Å². The van der Waals surface area contributed by atoms with Crippen LogP contribution in [0.5, 0.6) is 11.5 Å². The molecule has 0 unspecified atom stereocenters. The lowest BCUT2D eigenvalue weighted by atomic mass is 10.3. The number of aromatic hydroxyl groups is 1. The van der Waals surface area contributed by atoms with E-state index in [1.807, 2.05) is 0 Å². The molecule has 0 atom stereocenters. The number of hydrogen-bond donors (Lipinski definition) is 1. The minimum atomic E-state index is -2.64. The largest absolute Gasteiger partial charge is 0.508 e. The summed E-state index contributed by atoms with van der Waals surface area (Å²) in [5.74, 6) is -1.35. The van der Waals surface area contributed by atoms with Gasteiger partial charge in [0.05, 0.1) is 11.2 Å². The summed E-state index contributed by atoms with van der Waals surface area (Å²) in [6.07, 6.45) is 0. The van der Waals surface area contributed by atoms with Crippen LogP contribution < -0.4 is 4.74 Å². The van der Waals surface area contributed by atoms with Crippen molar-refractivity contribution in [3.8, 4) is 11.5 Å². The number of hydrogen-bond acceptors (Lipinski definition) is 2. The average molecular weight is 145 g/mol. The Hall–Kier alpha value is -1.25. The molecule has 0 fully saturated rings. The molecule has 0 saturated carbocycles. The van der Waals surface area contributed by atoms with Gasteiger partial charge in [0.15, 0.2) is 0 Å². The van der Waals surface area contributed by atoms with Crippen molar-refractivity contribution in [2.75, 3.05) is 7.04 Å². The third-order valence-electron chi connectivity index (χ3n) is 0.974. The van der Waals surface area contributed by atoms with Crippen molar-refractivity contribution >= 4 is 0 Å². The second-order valence-electron chi connectivity index (χ2n) is 1.75. The fourth-order valence-corrected chi connectivity index (χ4v) is 0.607. The van der Waals surface area contributed by atoms with Gasteiger partial charge in [-0.15, -0.1) is 0 Å². The first-order valence-corrected chi connectivity index (χ1v) is 2.55. The van der Waals surface area contributed by atoms with Gasteiger partial charge in [-0.3, -0.25) is 0 Å². The van der Waals surface area contributed by atoms with Crippen LogP contribution in [0.2, 0.25) is 0 Å². The molecule has 1 aromatic carbocycles. The molecule has 1 rings (SSSR count). The molecular weight excluding hydrogens is 135 g/mol. The van der Waals surface area contributed by atoms with E-state index in [-0.39, 0.29) is 11.5 Å². The van der Waals surface area contributed by atoms with Crippen LogP contribution in [0, 0.1) is 5.82 Å². The van der Waals surface area contributed by atoms with E-state index in [9.17, 15) is 4.39 Å². The van der Waals surface area contributed by atoms with Crippen molar-refractivity contribution in [1.29, 1.82) is 0 Å². The van der Waals surface area contributed by atoms with Crippen LogP contribution >= 0.6 is 0 Å². The van der Waals surface area contributed by atoms with Gasteiger partial charge in [-0.1, -0.05) is 0 Å². The molecule has 10 heavy (non-hydrogen) atoms. The maximum Gasteiger partial charge on any atom is 0.130 e. The number of halogens is 1. The monoisotopic (exact) mass is 145 g/mol. The highest BCUT2D eigenvalue weighted by molar-refractivity contribution is 5.32. The minimum absolute atomic E-state index is 0.225. The van der Waals surface area contributed by atoms with E-state index < -0.39 is 12.9 Å². The molecule has 0 aliphatic carbocycles. The summed E-state index contributed by atoms with van der Waals surface area (Å²) in [4.78, 5) is 0. The van der Waals surface area contributed by atoms with E-state index in [1.54, 1.807) is 0 Å². The topological polar surface area (TPSA) is 29.5 Å². The molecule has 0 aromatic heterocycles. The highest BCUT2D eigenvalue weighted by Crippen LogP contribution is 2.19. The van der Waals surface area contributed by atoms with E-state index in [0.717, 1.165) is 18.2 Å². The Labute approximate surface area is 62.1 Å². The van der Waals surface area contributed by atoms with Crippen molar-refractivity contribution in [3.05, 3.63) is 24.0 Å². The quantitative estimate of drug-likeness (QED) is 0.649. The lowest BCUT2D eigenvalue weighted by Crippen LogP contribution is -1.83. The smallest absolute Gasteiger partial charge is 0.130 e. The van der Waals surface area contributed by atoms with Gasteiger partial charge in [-0.25, -0.2) is 4.39 Å². The van der Waals surface area contributed by atoms with E-state index in [0.29, 0.717) is 0 Å². The Morgan fingerprint density at radius 2 is 2.40 bits per heavy atom. The predicted octanol–water partition coefficient (Wildman–Crippen LogP) is 1.54. The van der Waals surface area contributed by atoms with E-state index in [2.05, 4.69) is 4.74 Å². The van der Waals surface area contributed by atoms with Gasteiger partial charge < -0.3 is 9.84 Å². The zero-order valence-electron chi connectivity index (χ0n) is 7.97. The Morgan fingerprint density at radius 3 is 3.00 bits per heavy atom. The molecule has 1 N–H and O–H groups in total. The number of rotatable bonds is 1. The summed E-state index contributed by atoms with van der Waals surface area (Å²) in [6.45, 7) is 0. The molecule has 3 heteroatoms. The molecule has 1 aromatic rings. The molecule has 0 amide bonds. The Bertz CT molecular complexity index is 291. The van der Waals surface area contributed by atoms with Crippen LogP contribution in [0.25, 0.3) is 0 Å². The molecule has 0 radical (unpaired) electrons. The molecule has 0 aliphatic heterocycles. The van der Waals surface area contributed by atoms with Crippen molar-refractivity contribution < 1.29 is 18.3 Å². The maximum absolute atomic E-state index is 12.6. The minimum Gasteiger partial charge on any atom is -0.508 e. The van der Waals surface area contributed by atoms with Gasteiger partial charge in [0.2, 0.25) is 0 Å². The second kappa shape index (κ2) is 2.56. The first kappa shape index (κ1) is 3.81. The Balaban J connectivity index is 2.90. The molecule has 2 nitrogen and oxygen atoms in total. The molecule has 0 heterocycles. The fourth-order valence-electron chi connectivity index (χ4n) is 0.607. The van der Waals surface area contributed by atoms with Gasteiger partial charge in [0, 0.05) is 18.2 Å². The standard InChI is InChI=1S/C7H7FO2/c1-10-7-3-5(8)2-6(9)4-7/h2-4,9H,1H3/i1D3. The SMILES string of the molecule is [2H]C([2H])([2H])Oc1cc(O)cc(F)c1. The number of phenolic OH excluding ortho intramolecular Hbond substituents is 1. The highest BCUT2D eigenvalue weighted by atomic mass is 19.1. The normalized spacial score (nSPS) is 15.1. The Morgan fingerprint density at radius 1 is 1.60 bits per heavy atom. The number of phenols is 1. The summed E-state index contributed by atoms with van der Waals surface area (Å²) in [7, 11) is -2.64. The van der Waals surface area contributed by atoms with Crippen LogP contribution in [0.1, 0.15) is 4.11 Å². The number of methoxy groups -OCH3 is 1. The first-order valence-electron chi connectivity index (χ1n) is 4.05. The third kappa shape index (κ3) is 1.37. The summed E-state index contributed by atoms with van der Waals surface area (Å²) < 4.78 is 37.1. The van der Waals surface area contributed by atoms with Crippen LogP contribution in [-0.4, -0.2) is 12.1 Å². The van der Waals surface area contributed by atoms with Crippen LogP contribution in [0.4, 0.5) is 4.39 Å². The maximum atomic E-state index is 12.6.